The molecule has 0 saturated heterocycles. The standard InChI is InChI=1S/C12H9NO4S/c14-11(15)8-3-1-7(2-4-8)5-10-13-9(6-18-10)12(16)17/h1-4,6H,5H2,(H,14,15)(H,16,17). The van der Waals surface area contributed by atoms with Crippen LogP contribution in [0.1, 0.15) is 31.4 Å². The lowest BCUT2D eigenvalue weighted by Crippen LogP contribution is -1.98. The van der Waals surface area contributed by atoms with Crippen LogP contribution in [0.4, 0.5) is 0 Å². The van der Waals surface area contributed by atoms with Gasteiger partial charge < -0.3 is 10.2 Å². The molecule has 2 rings (SSSR count). The third-order valence-corrected chi connectivity index (χ3v) is 3.18. The van der Waals surface area contributed by atoms with Crippen molar-refractivity contribution >= 4 is 23.3 Å². The zero-order valence-electron chi connectivity index (χ0n) is 9.16. The van der Waals surface area contributed by atoms with Gasteiger partial charge in [0.2, 0.25) is 0 Å². The van der Waals surface area contributed by atoms with Gasteiger partial charge in [0, 0.05) is 11.8 Å². The summed E-state index contributed by atoms with van der Waals surface area (Å²) in [4.78, 5) is 25.3. The maximum absolute atomic E-state index is 10.7. The zero-order valence-corrected chi connectivity index (χ0v) is 9.98. The summed E-state index contributed by atoms with van der Waals surface area (Å²) in [5.74, 6) is -2.01. The lowest BCUT2D eigenvalue weighted by molar-refractivity contribution is 0.0683. The number of aromatic carboxylic acids is 2. The van der Waals surface area contributed by atoms with Crippen molar-refractivity contribution in [3.63, 3.8) is 0 Å². The molecule has 18 heavy (non-hydrogen) atoms. The van der Waals surface area contributed by atoms with E-state index in [9.17, 15) is 9.59 Å². The van der Waals surface area contributed by atoms with Gasteiger partial charge in [0.15, 0.2) is 5.69 Å². The van der Waals surface area contributed by atoms with Crippen LogP contribution in [-0.2, 0) is 6.42 Å². The Morgan fingerprint density at radius 2 is 1.78 bits per heavy atom. The smallest absolute Gasteiger partial charge is 0.355 e. The van der Waals surface area contributed by atoms with Crippen molar-refractivity contribution in [1.82, 2.24) is 4.98 Å². The highest BCUT2D eigenvalue weighted by Gasteiger charge is 2.09. The molecule has 2 N–H and O–H groups in total. The van der Waals surface area contributed by atoms with Gasteiger partial charge in [-0.3, -0.25) is 0 Å². The van der Waals surface area contributed by atoms with E-state index in [4.69, 9.17) is 10.2 Å². The third kappa shape index (κ3) is 2.72. The predicted molar refractivity (Wildman–Crippen MR) is 65.3 cm³/mol. The largest absolute Gasteiger partial charge is 0.478 e. The van der Waals surface area contributed by atoms with Crippen molar-refractivity contribution < 1.29 is 19.8 Å². The minimum absolute atomic E-state index is 0.0390. The monoisotopic (exact) mass is 263 g/mol. The molecule has 0 aliphatic heterocycles. The molecule has 0 saturated carbocycles. The SMILES string of the molecule is O=C(O)c1ccc(Cc2nc(C(=O)O)cs2)cc1. The second-order valence-electron chi connectivity index (χ2n) is 3.61. The van der Waals surface area contributed by atoms with Gasteiger partial charge in [-0.25, -0.2) is 14.6 Å². The zero-order chi connectivity index (χ0) is 13.1. The van der Waals surface area contributed by atoms with Crippen LogP contribution in [0.25, 0.3) is 0 Å². The molecule has 0 atom stereocenters. The topological polar surface area (TPSA) is 87.5 Å². The fraction of sp³-hybridized carbons (Fsp3) is 0.0833. The molecule has 0 aliphatic rings. The number of nitrogens with zero attached hydrogens (tertiary/aromatic N) is 1. The molecule has 0 bridgehead atoms. The van der Waals surface area contributed by atoms with Crippen LogP contribution < -0.4 is 0 Å². The first kappa shape index (κ1) is 12.3. The van der Waals surface area contributed by atoms with Crippen molar-refractivity contribution in [2.24, 2.45) is 0 Å². The molecule has 0 unspecified atom stereocenters. The molecule has 1 heterocycles. The summed E-state index contributed by atoms with van der Waals surface area (Å²) in [6.07, 6.45) is 0.498. The number of carboxylic acid groups (broad SMARTS) is 2. The summed E-state index contributed by atoms with van der Waals surface area (Å²) in [6.45, 7) is 0. The van der Waals surface area contributed by atoms with Crippen LogP contribution in [0.3, 0.4) is 0 Å². The maximum atomic E-state index is 10.7. The van der Waals surface area contributed by atoms with E-state index in [2.05, 4.69) is 4.98 Å². The van der Waals surface area contributed by atoms with E-state index in [1.807, 2.05) is 0 Å². The molecule has 1 aromatic heterocycles. The Bertz CT molecular complexity index is 588. The van der Waals surface area contributed by atoms with Crippen molar-refractivity contribution in [2.45, 2.75) is 6.42 Å². The summed E-state index contributed by atoms with van der Waals surface area (Å²) in [6, 6.07) is 6.43. The van der Waals surface area contributed by atoms with E-state index >= 15 is 0 Å². The molecular weight excluding hydrogens is 254 g/mol. The summed E-state index contributed by atoms with van der Waals surface area (Å²) < 4.78 is 0. The summed E-state index contributed by atoms with van der Waals surface area (Å²) in [5, 5.41) is 19.7. The Hall–Kier alpha value is -2.21. The summed E-state index contributed by atoms with van der Waals surface area (Å²) in [5.41, 5.74) is 1.16. The highest BCUT2D eigenvalue weighted by Crippen LogP contribution is 2.15. The van der Waals surface area contributed by atoms with E-state index < -0.39 is 11.9 Å². The maximum Gasteiger partial charge on any atom is 0.355 e. The van der Waals surface area contributed by atoms with Crippen LogP contribution in [0.2, 0.25) is 0 Å². The van der Waals surface area contributed by atoms with Gasteiger partial charge in [-0.05, 0) is 17.7 Å². The van der Waals surface area contributed by atoms with E-state index in [0.29, 0.717) is 11.4 Å². The van der Waals surface area contributed by atoms with Gasteiger partial charge in [0.25, 0.3) is 0 Å². The van der Waals surface area contributed by atoms with Crippen molar-refractivity contribution in [2.75, 3.05) is 0 Å². The first-order valence-corrected chi connectivity index (χ1v) is 5.94. The third-order valence-electron chi connectivity index (χ3n) is 2.33. The van der Waals surface area contributed by atoms with Crippen LogP contribution in [0.15, 0.2) is 29.6 Å². The average molecular weight is 263 g/mol. The second kappa shape index (κ2) is 4.97. The number of carbonyl (C=O) groups is 2. The molecular formula is C12H9NO4S. The average Bonchev–Trinajstić information content (AvgIpc) is 2.78. The molecule has 2 aromatic rings. The first-order chi connectivity index (χ1) is 8.56. The Labute approximate surface area is 106 Å². The molecule has 0 spiro atoms. The molecule has 92 valence electrons. The highest BCUT2D eigenvalue weighted by molar-refractivity contribution is 7.09. The Balaban J connectivity index is 2.13. The van der Waals surface area contributed by atoms with Crippen LogP contribution in [0, 0.1) is 0 Å². The minimum Gasteiger partial charge on any atom is -0.478 e. The van der Waals surface area contributed by atoms with E-state index in [0.717, 1.165) is 5.56 Å². The Kier molecular flexibility index (Phi) is 3.38. The molecule has 6 heteroatoms. The van der Waals surface area contributed by atoms with Gasteiger partial charge in [0.1, 0.15) is 0 Å². The number of hydrogen-bond acceptors (Lipinski definition) is 4. The minimum atomic E-state index is -1.04. The van der Waals surface area contributed by atoms with E-state index in [1.165, 1.54) is 28.8 Å². The van der Waals surface area contributed by atoms with E-state index in [1.54, 1.807) is 12.1 Å². The highest BCUT2D eigenvalue weighted by atomic mass is 32.1. The number of aromatic nitrogens is 1. The number of hydrogen-bond donors (Lipinski definition) is 2. The first-order valence-electron chi connectivity index (χ1n) is 5.06. The summed E-state index contributed by atoms with van der Waals surface area (Å²) >= 11 is 1.27. The number of carboxylic acids is 2. The number of thiazole rings is 1. The quantitative estimate of drug-likeness (QED) is 0.882. The molecule has 0 amide bonds. The van der Waals surface area contributed by atoms with Gasteiger partial charge in [0.05, 0.1) is 10.6 Å². The van der Waals surface area contributed by atoms with Gasteiger partial charge in [-0.1, -0.05) is 12.1 Å². The Morgan fingerprint density at radius 1 is 1.11 bits per heavy atom. The Morgan fingerprint density at radius 3 is 2.28 bits per heavy atom. The fourth-order valence-electron chi connectivity index (χ4n) is 1.43. The van der Waals surface area contributed by atoms with Crippen LogP contribution in [0.5, 0.6) is 0 Å². The molecule has 1 aromatic carbocycles. The lowest BCUT2D eigenvalue weighted by Gasteiger charge is -1.99. The number of rotatable bonds is 4. The van der Waals surface area contributed by atoms with Crippen molar-refractivity contribution in [1.29, 1.82) is 0 Å². The van der Waals surface area contributed by atoms with Gasteiger partial charge in [-0.15, -0.1) is 11.3 Å². The lowest BCUT2D eigenvalue weighted by atomic mass is 10.1. The van der Waals surface area contributed by atoms with Crippen molar-refractivity contribution in [3.8, 4) is 0 Å². The molecule has 0 fully saturated rings. The molecule has 5 nitrogen and oxygen atoms in total. The normalized spacial score (nSPS) is 10.2. The van der Waals surface area contributed by atoms with E-state index in [-0.39, 0.29) is 11.3 Å². The van der Waals surface area contributed by atoms with Gasteiger partial charge >= 0.3 is 11.9 Å². The fourth-order valence-corrected chi connectivity index (χ4v) is 2.23. The second-order valence-corrected chi connectivity index (χ2v) is 4.55. The van der Waals surface area contributed by atoms with Gasteiger partial charge in [-0.2, -0.15) is 0 Å². The van der Waals surface area contributed by atoms with Crippen molar-refractivity contribution in [3.05, 3.63) is 51.5 Å². The molecule has 0 radical (unpaired) electrons. The van der Waals surface area contributed by atoms with Crippen LogP contribution in [-0.4, -0.2) is 27.1 Å². The van der Waals surface area contributed by atoms with Crippen LogP contribution >= 0.6 is 11.3 Å². The number of benzene rings is 1. The predicted octanol–water partition coefficient (Wildman–Crippen LogP) is 2.13. The summed E-state index contributed by atoms with van der Waals surface area (Å²) in [7, 11) is 0. The molecule has 0 aliphatic carbocycles.